The number of hydrogen-bond donors (Lipinski definition) is 3. The Kier molecular flexibility index (Phi) is 3.54. The van der Waals surface area contributed by atoms with E-state index in [4.69, 9.17) is 4.42 Å². The summed E-state index contributed by atoms with van der Waals surface area (Å²) in [6, 6.07) is 17.5. The molecule has 0 aliphatic rings. The smallest absolute Gasteiger partial charge is 0.174 e. The fourth-order valence-corrected chi connectivity index (χ4v) is 2.72. The van der Waals surface area contributed by atoms with Crippen LogP contribution in [0.1, 0.15) is 5.69 Å². The minimum atomic E-state index is 0.218. The van der Waals surface area contributed by atoms with Gasteiger partial charge in [-0.15, -0.1) is 0 Å². The van der Waals surface area contributed by atoms with Crippen LogP contribution in [-0.2, 0) is 0 Å². The minimum absolute atomic E-state index is 0.218. The van der Waals surface area contributed by atoms with Crippen molar-refractivity contribution in [1.82, 2.24) is 9.97 Å². The number of aryl methyl sites for hydroxylation is 1. The second-order valence-corrected chi connectivity index (χ2v) is 5.82. The van der Waals surface area contributed by atoms with Crippen LogP contribution in [0.4, 0.5) is 0 Å². The van der Waals surface area contributed by atoms with E-state index in [1.165, 1.54) is 0 Å². The van der Waals surface area contributed by atoms with Crippen molar-refractivity contribution in [2.75, 3.05) is 0 Å². The quantitative estimate of drug-likeness (QED) is 0.507. The Bertz CT molecular complexity index is 1010. The summed E-state index contributed by atoms with van der Waals surface area (Å²) in [7, 11) is 0. The molecule has 2 aromatic heterocycles. The lowest BCUT2D eigenvalue weighted by molar-refractivity contribution is 0.475. The number of H-pyrrole nitrogens is 1. The van der Waals surface area contributed by atoms with Gasteiger partial charge in [-0.25, -0.2) is 4.98 Å². The van der Waals surface area contributed by atoms with Gasteiger partial charge in [0.05, 0.1) is 5.69 Å². The van der Waals surface area contributed by atoms with Crippen molar-refractivity contribution in [2.24, 2.45) is 0 Å². The molecule has 0 unspecified atom stereocenters. The summed E-state index contributed by atoms with van der Waals surface area (Å²) >= 11 is 0. The maximum absolute atomic E-state index is 9.43. The first-order valence-corrected chi connectivity index (χ1v) is 7.86. The number of aromatic nitrogens is 2. The molecule has 4 rings (SSSR count). The molecule has 0 spiro atoms. The molecule has 0 atom stereocenters. The second kappa shape index (κ2) is 5.87. The van der Waals surface area contributed by atoms with Crippen LogP contribution in [-0.4, -0.2) is 20.2 Å². The molecule has 0 amide bonds. The van der Waals surface area contributed by atoms with Crippen molar-refractivity contribution < 1.29 is 14.6 Å². The lowest BCUT2D eigenvalue weighted by atomic mass is 10.1. The molecule has 2 heterocycles. The Hall–Kier alpha value is -3.47. The Labute approximate surface area is 144 Å². The van der Waals surface area contributed by atoms with Crippen LogP contribution < -0.4 is 0 Å². The number of phenolic OH excluding ortho intramolecular Hbond substituents is 2. The van der Waals surface area contributed by atoms with Crippen LogP contribution in [0.5, 0.6) is 11.5 Å². The Morgan fingerprint density at radius 1 is 0.760 bits per heavy atom. The molecule has 3 N–H and O–H groups in total. The Morgan fingerprint density at radius 2 is 1.32 bits per heavy atom. The first-order valence-electron chi connectivity index (χ1n) is 7.86. The number of nitrogens with one attached hydrogen (secondary N) is 1. The van der Waals surface area contributed by atoms with E-state index in [9.17, 15) is 10.2 Å². The van der Waals surface area contributed by atoms with Gasteiger partial charge in [0, 0.05) is 16.8 Å². The van der Waals surface area contributed by atoms with E-state index in [1.807, 2.05) is 31.2 Å². The van der Waals surface area contributed by atoms with Gasteiger partial charge in [0.25, 0.3) is 0 Å². The van der Waals surface area contributed by atoms with Crippen molar-refractivity contribution in [2.45, 2.75) is 6.92 Å². The summed E-state index contributed by atoms with van der Waals surface area (Å²) in [5, 5.41) is 18.8. The van der Waals surface area contributed by atoms with Gasteiger partial charge >= 0.3 is 0 Å². The van der Waals surface area contributed by atoms with E-state index in [0.717, 1.165) is 22.5 Å². The van der Waals surface area contributed by atoms with Crippen LogP contribution in [0.15, 0.2) is 65.1 Å². The highest BCUT2D eigenvalue weighted by Gasteiger charge is 2.14. The molecule has 4 aromatic rings. The number of benzene rings is 2. The summed E-state index contributed by atoms with van der Waals surface area (Å²) in [5.74, 6) is 2.43. The first kappa shape index (κ1) is 15.1. The summed E-state index contributed by atoms with van der Waals surface area (Å²) in [6.07, 6.45) is 0. The zero-order valence-electron chi connectivity index (χ0n) is 13.5. The van der Waals surface area contributed by atoms with E-state index >= 15 is 0 Å². The number of aromatic hydroxyl groups is 2. The number of hydrogen-bond acceptors (Lipinski definition) is 4. The average Bonchev–Trinajstić information content (AvgIpc) is 3.23. The van der Waals surface area contributed by atoms with E-state index in [2.05, 4.69) is 9.97 Å². The molecule has 0 saturated heterocycles. The van der Waals surface area contributed by atoms with Crippen LogP contribution in [0, 0.1) is 6.92 Å². The average molecular weight is 332 g/mol. The molecule has 0 aliphatic carbocycles. The Balaban J connectivity index is 1.68. The van der Waals surface area contributed by atoms with E-state index in [1.54, 1.807) is 36.4 Å². The van der Waals surface area contributed by atoms with Crippen molar-refractivity contribution in [3.8, 4) is 45.7 Å². The van der Waals surface area contributed by atoms with Crippen molar-refractivity contribution >= 4 is 0 Å². The van der Waals surface area contributed by atoms with Crippen LogP contribution in [0.25, 0.3) is 34.2 Å². The van der Waals surface area contributed by atoms with E-state index in [-0.39, 0.29) is 11.5 Å². The third kappa shape index (κ3) is 2.87. The molecule has 2 aromatic carbocycles. The van der Waals surface area contributed by atoms with Crippen molar-refractivity contribution in [3.05, 3.63) is 66.4 Å². The molecule has 124 valence electrons. The van der Waals surface area contributed by atoms with Gasteiger partial charge in [0.2, 0.25) is 0 Å². The fraction of sp³-hybridized carbons (Fsp3) is 0.0500. The summed E-state index contributed by atoms with van der Waals surface area (Å²) < 4.78 is 5.90. The number of phenols is 2. The molecule has 0 aliphatic heterocycles. The highest BCUT2D eigenvalue weighted by atomic mass is 16.3. The van der Waals surface area contributed by atoms with Crippen LogP contribution >= 0.6 is 0 Å². The first-order chi connectivity index (χ1) is 12.1. The largest absolute Gasteiger partial charge is 0.508 e. The lowest BCUT2D eigenvalue weighted by Gasteiger charge is -1.98. The normalized spacial score (nSPS) is 10.9. The van der Waals surface area contributed by atoms with Gasteiger partial charge in [-0.1, -0.05) is 0 Å². The maximum atomic E-state index is 9.43. The SMILES string of the molecule is Cc1[nH]c(-c2ccc(-c3ccc(O)cc3)o2)nc1-c1ccc(O)cc1. The van der Waals surface area contributed by atoms with E-state index in [0.29, 0.717) is 17.3 Å². The number of nitrogens with zero attached hydrogens (tertiary/aromatic N) is 1. The summed E-state index contributed by atoms with van der Waals surface area (Å²) in [5.41, 5.74) is 3.54. The molecule has 25 heavy (non-hydrogen) atoms. The highest BCUT2D eigenvalue weighted by molar-refractivity contribution is 5.68. The number of aromatic amines is 1. The number of furan rings is 1. The third-order valence-corrected chi connectivity index (χ3v) is 4.02. The lowest BCUT2D eigenvalue weighted by Crippen LogP contribution is -1.80. The molecule has 0 bridgehead atoms. The van der Waals surface area contributed by atoms with Gasteiger partial charge in [-0.2, -0.15) is 0 Å². The van der Waals surface area contributed by atoms with Gasteiger partial charge in [0.15, 0.2) is 11.6 Å². The molecule has 5 heteroatoms. The Morgan fingerprint density at radius 3 is 1.96 bits per heavy atom. The van der Waals surface area contributed by atoms with Gasteiger partial charge < -0.3 is 19.6 Å². The number of imidazole rings is 1. The predicted octanol–water partition coefficient (Wildman–Crippen LogP) is 4.72. The fourth-order valence-electron chi connectivity index (χ4n) is 2.72. The molecular weight excluding hydrogens is 316 g/mol. The van der Waals surface area contributed by atoms with Crippen LogP contribution in [0.3, 0.4) is 0 Å². The number of rotatable bonds is 3. The topological polar surface area (TPSA) is 82.3 Å². The molecule has 0 saturated carbocycles. The zero-order chi connectivity index (χ0) is 17.4. The van der Waals surface area contributed by atoms with Gasteiger partial charge in [-0.3, -0.25) is 0 Å². The summed E-state index contributed by atoms with van der Waals surface area (Å²) in [4.78, 5) is 7.87. The molecule has 5 nitrogen and oxygen atoms in total. The third-order valence-electron chi connectivity index (χ3n) is 4.02. The molecular formula is C20H16N2O3. The summed E-state index contributed by atoms with van der Waals surface area (Å²) in [6.45, 7) is 1.95. The van der Waals surface area contributed by atoms with Crippen LogP contribution in [0.2, 0.25) is 0 Å². The van der Waals surface area contributed by atoms with Crippen molar-refractivity contribution in [1.29, 1.82) is 0 Å². The molecule has 0 fully saturated rings. The predicted molar refractivity (Wildman–Crippen MR) is 95.2 cm³/mol. The van der Waals surface area contributed by atoms with Crippen molar-refractivity contribution in [3.63, 3.8) is 0 Å². The molecule has 0 radical (unpaired) electrons. The van der Waals surface area contributed by atoms with Gasteiger partial charge in [-0.05, 0) is 67.6 Å². The van der Waals surface area contributed by atoms with E-state index < -0.39 is 0 Å². The standard InChI is InChI=1S/C20H16N2O3/c1-12-19(14-4-8-16(24)9-5-14)22-20(21-12)18-11-10-17(25-18)13-2-6-15(23)7-3-13/h2-11,23-24H,1H3,(H,21,22). The second-order valence-electron chi connectivity index (χ2n) is 5.82. The monoisotopic (exact) mass is 332 g/mol. The maximum Gasteiger partial charge on any atom is 0.174 e. The highest BCUT2D eigenvalue weighted by Crippen LogP contribution is 2.31. The minimum Gasteiger partial charge on any atom is -0.508 e. The van der Waals surface area contributed by atoms with Gasteiger partial charge in [0.1, 0.15) is 17.3 Å². The zero-order valence-corrected chi connectivity index (χ0v) is 13.5.